The molecular formula is C21H23N7O2. The van der Waals surface area contributed by atoms with Crippen molar-refractivity contribution in [1.29, 1.82) is 5.26 Å². The van der Waals surface area contributed by atoms with E-state index in [4.69, 9.17) is 4.74 Å². The number of pyridine rings is 1. The predicted octanol–water partition coefficient (Wildman–Crippen LogP) is 2.02. The lowest BCUT2D eigenvalue weighted by Crippen LogP contribution is -2.36. The van der Waals surface area contributed by atoms with Crippen molar-refractivity contribution in [3.05, 3.63) is 47.0 Å². The molecule has 1 aliphatic rings. The number of hydrogen-bond acceptors (Lipinski definition) is 7. The van der Waals surface area contributed by atoms with Crippen LogP contribution < -0.4 is 10.2 Å². The normalized spacial score (nSPS) is 14.0. The standard InChI is InChI=1S/C21H23N7O2/c1-14-18(15(2)28-21(25-14)16(11-22)12-24-28)4-6-20(29)26-17-3-5-19(23-13-17)27-7-9-30-10-8-27/h3,5,12-13H,4,6-10H2,1-2H3,(H,26,29). The largest absolute Gasteiger partial charge is 0.378 e. The number of anilines is 2. The number of nitrogens with one attached hydrogen (secondary N) is 1. The first-order valence-electron chi connectivity index (χ1n) is 9.89. The molecule has 4 rings (SSSR count). The van der Waals surface area contributed by atoms with Crippen LogP contribution >= 0.6 is 0 Å². The quantitative estimate of drug-likeness (QED) is 0.692. The van der Waals surface area contributed by atoms with Crippen LogP contribution in [0.15, 0.2) is 24.5 Å². The zero-order valence-corrected chi connectivity index (χ0v) is 17.1. The summed E-state index contributed by atoms with van der Waals surface area (Å²) in [5.74, 6) is 0.797. The Kier molecular flexibility index (Phi) is 5.59. The Labute approximate surface area is 174 Å². The molecule has 154 valence electrons. The van der Waals surface area contributed by atoms with Crippen LogP contribution in [0.25, 0.3) is 5.65 Å². The average molecular weight is 405 g/mol. The summed E-state index contributed by atoms with van der Waals surface area (Å²) in [6, 6.07) is 5.88. The first kappa shape index (κ1) is 19.8. The molecule has 0 aliphatic carbocycles. The van der Waals surface area contributed by atoms with Crippen LogP contribution in [-0.2, 0) is 16.0 Å². The molecule has 0 atom stereocenters. The van der Waals surface area contributed by atoms with E-state index in [0.717, 1.165) is 35.9 Å². The first-order valence-corrected chi connectivity index (χ1v) is 9.89. The summed E-state index contributed by atoms with van der Waals surface area (Å²) in [5, 5.41) is 16.3. The van der Waals surface area contributed by atoms with Crippen molar-refractivity contribution >= 4 is 23.1 Å². The van der Waals surface area contributed by atoms with Gasteiger partial charge in [-0.2, -0.15) is 10.4 Å². The lowest BCUT2D eigenvalue weighted by atomic mass is 10.1. The number of aromatic nitrogens is 4. The number of nitrogens with zero attached hydrogens (tertiary/aromatic N) is 6. The summed E-state index contributed by atoms with van der Waals surface area (Å²) >= 11 is 0. The van der Waals surface area contributed by atoms with Crippen LogP contribution in [0.1, 0.15) is 28.9 Å². The van der Waals surface area contributed by atoms with Crippen molar-refractivity contribution in [3.63, 3.8) is 0 Å². The molecule has 0 radical (unpaired) electrons. The van der Waals surface area contributed by atoms with Crippen LogP contribution in [0, 0.1) is 25.2 Å². The van der Waals surface area contributed by atoms with E-state index in [1.807, 2.05) is 26.0 Å². The van der Waals surface area contributed by atoms with Gasteiger partial charge in [-0.25, -0.2) is 14.5 Å². The van der Waals surface area contributed by atoms with Gasteiger partial charge in [0.15, 0.2) is 5.65 Å². The molecule has 1 N–H and O–H groups in total. The minimum atomic E-state index is -0.0898. The van der Waals surface area contributed by atoms with Crippen LogP contribution in [0.3, 0.4) is 0 Å². The van der Waals surface area contributed by atoms with Gasteiger partial charge in [0.1, 0.15) is 17.5 Å². The molecule has 9 heteroatoms. The number of rotatable bonds is 5. The molecule has 9 nitrogen and oxygen atoms in total. The minimum Gasteiger partial charge on any atom is -0.378 e. The van der Waals surface area contributed by atoms with Crippen LogP contribution in [-0.4, -0.2) is 51.8 Å². The highest BCUT2D eigenvalue weighted by Gasteiger charge is 2.15. The van der Waals surface area contributed by atoms with Crippen molar-refractivity contribution in [2.75, 3.05) is 36.5 Å². The predicted molar refractivity (Wildman–Crippen MR) is 111 cm³/mol. The number of carbonyl (C=O) groups excluding carboxylic acids is 1. The van der Waals surface area contributed by atoms with Crippen LogP contribution in [0.5, 0.6) is 0 Å². The molecule has 1 aliphatic heterocycles. The summed E-state index contributed by atoms with van der Waals surface area (Å²) in [7, 11) is 0. The molecule has 1 amide bonds. The van der Waals surface area contributed by atoms with E-state index >= 15 is 0 Å². The number of carbonyl (C=O) groups is 1. The van der Waals surface area contributed by atoms with Gasteiger partial charge < -0.3 is 15.0 Å². The van der Waals surface area contributed by atoms with E-state index < -0.39 is 0 Å². The Balaban J connectivity index is 1.40. The fourth-order valence-corrected chi connectivity index (χ4v) is 3.65. The van der Waals surface area contributed by atoms with Crippen molar-refractivity contribution in [1.82, 2.24) is 19.6 Å². The van der Waals surface area contributed by atoms with Gasteiger partial charge in [-0.3, -0.25) is 4.79 Å². The van der Waals surface area contributed by atoms with Gasteiger partial charge in [-0.05, 0) is 38.0 Å². The highest BCUT2D eigenvalue weighted by Crippen LogP contribution is 2.19. The molecule has 3 aromatic heterocycles. The maximum Gasteiger partial charge on any atom is 0.224 e. The molecule has 4 heterocycles. The SMILES string of the molecule is Cc1nc2c(C#N)cnn2c(C)c1CCC(=O)Nc1ccc(N2CCOCC2)nc1. The molecule has 3 aromatic rings. The third-order valence-corrected chi connectivity index (χ3v) is 5.30. The molecular weight excluding hydrogens is 382 g/mol. The maximum atomic E-state index is 12.5. The molecule has 1 fully saturated rings. The molecule has 0 spiro atoms. The number of aryl methyl sites for hydroxylation is 2. The Morgan fingerprint density at radius 2 is 2.07 bits per heavy atom. The fraction of sp³-hybridized carbons (Fsp3) is 0.381. The topological polar surface area (TPSA) is 108 Å². The van der Waals surface area contributed by atoms with Crippen molar-refractivity contribution in [2.24, 2.45) is 0 Å². The van der Waals surface area contributed by atoms with Gasteiger partial charge in [0.05, 0.1) is 31.3 Å². The Bertz CT molecular complexity index is 1110. The Morgan fingerprint density at radius 1 is 1.27 bits per heavy atom. The van der Waals surface area contributed by atoms with Gasteiger partial charge in [0.25, 0.3) is 0 Å². The average Bonchev–Trinajstić information content (AvgIpc) is 3.17. The number of fused-ring (bicyclic) bond motifs is 1. The highest BCUT2D eigenvalue weighted by atomic mass is 16.5. The van der Waals surface area contributed by atoms with E-state index in [9.17, 15) is 10.1 Å². The summed E-state index contributed by atoms with van der Waals surface area (Å²) in [5.41, 5.74) is 4.33. The van der Waals surface area contributed by atoms with E-state index in [2.05, 4.69) is 31.4 Å². The van der Waals surface area contributed by atoms with E-state index in [1.165, 1.54) is 6.20 Å². The molecule has 0 aromatic carbocycles. The molecule has 0 bridgehead atoms. The smallest absolute Gasteiger partial charge is 0.224 e. The lowest BCUT2D eigenvalue weighted by Gasteiger charge is -2.27. The van der Waals surface area contributed by atoms with Gasteiger partial charge in [-0.1, -0.05) is 0 Å². The lowest BCUT2D eigenvalue weighted by molar-refractivity contribution is -0.116. The maximum absolute atomic E-state index is 12.5. The number of nitriles is 1. The highest BCUT2D eigenvalue weighted by molar-refractivity contribution is 5.90. The zero-order valence-electron chi connectivity index (χ0n) is 17.1. The monoisotopic (exact) mass is 405 g/mol. The molecule has 0 saturated carbocycles. The van der Waals surface area contributed by atoms with Gasteiger partial charge in [-0.15, -0.1) is 0 Å². The summed E-state index contributed by atoms with van der Waals surface area (Å²) in [4.78, 5) is 23.6. The second-order valence-corrected chi connectivity index (χ2v) is 7.22. The van der Waals surface area contributed by atoms with Crippen LogP contribution in [0.4, 0.5) is 11.5 Å². The summed E-state index contributed by atoms with van der Waals surface area (Å²) < 4.78 is 7.02. The van der Waals surface area contributed by atoms with Gasteiger partial charge in [0, 0.05) is 30.9 Å². The summed E-state index contributed by atoms with van der Waals surface area (Å²) in [6.45, 7) is 6.87. The number of hydrogen-bond donors (Lipinski definition) is 1. The van der Waals surface area contributed by atoms with Crippen molar-refractivity contribution < 1.29 is 9.53 Å². The number of morpholine rings is 1. The van der Waals surface area contributed by atoms with E-state index in [1.54, 1.807) is 10.7 Å². The van der Waals surface area contributed by atoms with Crippen LogP contribution in [0.2, 0.25) is 0 Å². The number of ether oxygens (including phenoxy) is 1. The second kappa shape index (κ2) is 8.47. The van der Waals surface area contributed by atoms with E-state index in [-0.39, 0.29) is 5.91 Å². The van der Waals surface area contributed by atoms with Crippen molar-refractivity contribution in [2.45, 2.75) is 26.7 Å². The fourth-order valence-electron chi connectivity index (χ4n) is 3.65. The van der Waals surface area contributed by atoms with Gasteiger partial charge in [0.2, 0.25) is 5.91 Å². The van der Waals surface area contributed by atoms with Crippen molar-refractivity contribution in [3.8, 4) is 6.07 Å². The Morgan fingerprint density at radius 3 is 2.77 bits per heavy atom. The van der Waals surface area contributed by atoms with Gasteiger partial charge >= 0.3 is 0 Å². The second-order valence-electron chi connectivity index (χ2n) is 7.22. The number of amides is 1. The molecule has 30 heavy (non-hydrogen) atoms. The third kappa shape index (κ3) is 3.95. The third-order valence-electron chi connectivity index (χ3n) is 5.30. The minimum absolute atomic E-state index is 0.0898. The molecule has 1 saturated heterocycles. The first-order chi connectivity index (χ1) is 14.6. The van der Waals surface area contributed by atoms with E-state index in [0.29, 0.717) is 43.0 Å². The summed E-state index contributed by atoms with van der Waals surface area (Å²) in [6.07, 6.45) is 4.04. The Hall–Kier alpha value is -3.51. The zero-order chi connectivity index (χ0) is 21.1. The molecule has 0 unspecified atom stereocenters.